The lowest BCUT2D eigenvalue weighted by molar-refractivity contribution is -0.0361. The zero-order valence-corrected chi connectivity index (χ0v) is 18.8. The highest BCUT2D eigenvalue weighted by molar-refractivity contribution is 5.94. The number of hydrogen-bond donors (Lipinski definition) is 3. The van der Waals surface area contributed by atoms with Crippen molar-refractivity contribution < 1.29 is 15.0 Å². The second kappa shape index (κ2) is 10.8. The van der Waals surface area contributed by atoms with Crippen LogP contribution in [-0.2, 0) is 5.60 Å². The molecule has 172 valence electrons. The van der Waals surface area contributed by atoms with Gasteiger partial charge in [-0.05, 0) is 36.1 Å². The number of hydrogen-bond acceptors (Lipinski definition) is 4. The van der Waals surface area contributed by atoms with E-state index in [9.17, 15) is 15.0 Å². The summed E-state index contributed by atoms with van der Waals surface area (Å²) in [5.74, 6) is -0.372. The number of β-amino-alcohol motifs (C(OH)–C–C–N with tert-alkyl or cyclic N) is 1. The van der Waals surface area contributed by atoms with Crippen molar-refractivity contribution in [3.8, 4) is 0 Å². The maximum Gasteiger partial charge on any atom is 0.251 e. The van der Waals surface area contributed by atoms with E-state index in [1.807, 2.05) is 78.9 Å². The normalized spacial score (nSPS) is 17.8. The molecule has 0 aromatic heterocycles. The SMILES string of the molecule is O=C(NC[C@H](c1ccccc1)[C@H](O)CN1CCC(O)(c2ccccc2)CC1)c1ccccc1. The number of carbonyl (C=O) groups is 1. The highest BCUT2D eigenvalue weighted by atomic mass is 16.3. The van der Waals surface area contributed by atoms with Gasteiger partial charge in [0, 0.05) is 37.7 Å². The maximum absolute atomic E-state index is 12.6. The average Bonchev–Trinajstić information content (AvgIpc) is 2.87. The third-order valence-corrected chi connectivity index (χ3v) is 6.65. The Kier molecular flexibility index (Phi) is 7.55. The summed E-state index contributed by atoms with van der Waals surface area (Å²) in [6, 6.07) is 28.8. The topological polar surface area (TPSA) is 72.8 Å². The number of likely N-dealkylation sites (tertiary alicyclic amines) is 1. The van der Waals surface area contributed by atoms with Crippen molar-refractivity contribution in [3.63, 3.8) is 0 Å². The molecule has 2 atom stereocenters. The third-order valence-electron chi connectivity index (χ3n) is 6.65. The molecule has 1 aliphatic heterocycles. The molecule has 0 radical (unpaired) electrons. The first-order valence-corrected chi connectivity index (χ1v) is 11.6. The van der Waals surface area contributed by atoms with Gasteiger partial charge in [0.2, 0.25) is 0 Å². The molecule has 3 N–H and O–H groups in total. The first kappa shape index (κ1) is 23.2. The first-order valence-electron chi connectivity index (χ1n) is 11.6. The van der Waals surface area contributed by atoms with E-state index in [0.29, 0.717) is 44.6 Å². The van der Waals surface area contributed by atoms with Crippen molar-refractivity contribution in [2.45, 2.75) is 30.5 Å². The number of aliphatic hydroxyl groups is 2. The fourth-order valence-electron chi connectivity index (χ4n) is 4.60. The predicted octanol–water partition coefficient (Wildman–Crippen LogP) is 3.54. The molecule has 1 saturated heterocycles. The average molecular weight is 445 g/mol. The van der Waals surface area contributed by atoms with E-state index >= 15 is 0 Å². The van der Waals surface area contributed by atoms with Crippen LogP contribution in [0.1, 0.15) is 40.2 Å². The van der Waals surface area contributed by atoms with Crippen LogP contribution < -0.4 is 5.32 Å². The van der Waals surface area contributed by atoms with Gasteiger partial charge in [0.25, 0.3) is 5.91 Å². The van der Waals surface area contributed by atoms with Gasteiger partial charge in [-0.3, -0.25) is 4.79 Å². The number of piperidine rings is 1. The number of nitrogens with one attached hydrogen (secondary N) is 1. The summed E-state index contributed by atoms with van der Waals surface area (Å²) in [4.78, 5) is 14.8. The van der Waals surface area contributed by atoms with Gasteiger partial charge < -0.3 is 20.4 Å². The molecule has 1 heterocycles. The molecule has 5 heteroatoms. The summed E-state index contributed by atoms with van der Waals surface area (Å²) in [7, 11) is 0. The van der Waals surface area contributed by atoms with Gasteiger partial charge in [0.15, 0.2) is 0 Å². The summed E-state index contributed by atoms with van der Waals surface area (Å²) >= 11 is 0. The smallest absolute Gasteiger partial charge is 0.251 e. The molecule has 0 aliphatic carbocycles. The van der Waals surface area contributed by atoms with Gasteiger partial charge in [-0.1, -0.05) is 78.9 Å². The molecule has 3 aromatic rings. The minimum absolute atomic E-state index is 0.144. The highest BCUT2D eigenvalue weighted by Crippen LogP contribution is 2.33. The molecule has 0 unspecified atom stereocenters. The Bertz CT molecular complexity index is 1000. The summed E-state index contributed by atoms with van der Waals surface area (Å²) < 4.78 is 0. The summed E-state index contributed by atoms with van der Waals surface area (Å²) in [6.07, 6.45) is 0.612. The third kappa shape index (κ3) is 5.88. The van der Waals surface area contributed by atoms with E-state index in [0.717, 1.165) is 11.1 Å². The van der Waals surface area contributed by atoms with Crippen LogP contribution in [0.2, 0.25) is 0 Å². The van der Waals surface area contributed by atoms with Gasteiger partial charge in [0.1, 0.15) is 0 Å². The standard InChI is InChI=1S/C28H32N2O3/c31-26(21-30-18-16-28(33,17-19-30)24-14-8-3-9-15-24)25(22-10-4-1-5-11-22)20-29-27(32)23-12-6-2-7-13-23/h1-15,25-26,31,33H,16-21H2,(H,29,32)/t25-,26-/m1/s1. The largest absolute Gasteiger partial charge is 0.391 e. The molecule has 0 spiro atoms. The van der Waals surface area contributed by atoms with Crippen molar-refractivity contribution in [1.29, 1.82) is 0 Å². The summed E-state index contributed by atoms with van der Waals surface area (Å²) in [5, 5.41) is 25.3. The van der Waals surface area contributed by atoms with Crippen LogP contribution in [-0.4, -0.2) is 53.3 Å². The van der Waals surface area contributed by atoms with Crippen LogP contribution in [0, 0.1) is 0 Å². The predicted molar refractivity (Wildman–Crippen MR) is 130 cm³/mol. The quantitative estimate of drug-likeness (QED) is 0.497. The lowest BCUT2D eigenvalue weighted by Gasteiger charge is -2.40. The second-order valence-electron chi connectivity index (χ2n) is 8.86. The van der Waals surface area contributed by atoms with Crippen LogP contribution in [0.3, 0.4) is 0 Å². The molecule has 1 amide bonds. The van der Waals surface area contributed by atoms with Crippen molar-refractivity contribution in [2.24, 2.45) is 0 Å². The van der Waals surface area contributed by atoms with E-state index in [2.05, 4.69) is 10.2 Å². The summed E-state index contributed by atoms with van der Waals surface area (Å²) in [5.41, 5.74) is 1.74. The van der Waals surface area contributed by atoms with Crippen molar-refractivity contribution >= 4 is 5.91 Å². The summed E-state index contributed by atoms with van der Waals surface area (Å²) in [6.45, 7) is 2.26. The van der Waals surface area contributed by atoms with Crippen LogP contribution in [0.5, 0.6) is 0 Å². The lowest BCUT2D eigenvalue weighted by Crippen LogP contribution is -2.47. The van der Waals surface area contributed by atoms with Crippen molar-refractivity contribution in [2.75, 3.05) is 26.2 Å². The monoisotopic (exact) mass is 444 g/mol. The van der Waals surface area contributed by atoms with Gasteiger partial charge in [-0.2, -0.15) is 0 Å². The Morgan fingerprint density at radius 3 is 2.03 bits per heavy atom. The van der Waals surface area contributed by atoms with E-state index in [1.54, 1.807) is 12.1 Å². The number of amides is 1. The lowest BCUT2D eigenvalue weighted by atomic mass is 9.84. The van der Waals surface area contributed by atoms with Crippen LogP contribution in [0.25, 0.3) is 0 Å². The van der Waals surface area contributed by atoms with Gasteiger partial charge in [-0.15, -0.1) is 0 Å². The molecule has 3 aromatic carbocycles. The molecule has 0 saturated carbocycles. The van der Waals surface area contributed by atoms with Crippen LogP contribution in [0.4, 0.5) is 0 Å². The van der Waals surface area contributed by atoms with Crippen LogP contribution in [0.15, 0.2) is 91.0 Å². The molecule has 33 heavy (non-hydrogen) atoms. The minimum atomic E-state index is -0.814. The zero-order valence-electron chi connectivity index (χ0n) is 18.8. The van der Waals surface area contributed by atoms with E-state index in [-0.39, 0.29) is 11.8 Å². The number of benzene rings is 3. The van der Waals surface area contributed by atoms with E-state index < -0.39 is 11.7 Å². The van der Waals surface area contributed by atoms with Gasteiger partial charge >= 0.3 is 0 Å². The highest BCUT2D eigenvalue weighted by Gasteiger charge is 2.35. The molecule has 1 fully saturated rings. The van der Waals surface area contributed by atoms with Crippen molar-refractivity contribution in [3.05, 3.63) is 108 Å². The molecule has 5 nitrogen and oxygen atoms in total. The zero-order chi connectivity index (χ0) is 23.1. The van der Waals surface area contributed by atoms with Crippen molar-refractivity contribution in [1.82, 2.24) is 10.2 Å². The number of aliphatic hydroxyl groups excluding tert-OH is 1. The molecular formula is C28H32N2O3. The molecule has 1 aliphatic rings. The van der Waals surface area contributed by atoms with Crippen LogP contribution >= 0.6 is 0 Å². The Hall–Kier alpha value is -2.99. The molecular weight excluding hydrogens is 412 g/mol. The Balaban J connectivity index is 1.38. The second-order valence-corrected chi connectivity index (χ2v) is 8.86. The van der Waals surface area contributed by atoms with E-state index in [4.69, 9.17) is 0 Å². The van der Waals surface area contributed by atoms with Gasteiger partial charge in [-0.25, -0.2) is 0 Å². The molecule has 4 rings (SSSR count). The number of nitrogens with zero attached hydrogens (tertiary/aromatic N) is 1. The Morgan fingerprint density at radius 1 is 0.879 bits per heavy atom. The fourth-order valence-corrected chi connectivity index (χ4v) is 4.60. The molecule has 0 bridgehead atoms. The Morgan fingerprint density at radius 2 is 1.42 bits per heavy atom. The Labute approximate surface area is 195 Å². The first-order chi connectivity index (χ1) is 16.0. The fraction of sp³-hybridized carbons (Fsp3) is 0.321. The van der Waals surface area contributed by atoms with E-state index in [1.165, 1.54) is 0 Å². The maximum atomic E-state index is 12.6. The van der Waals surface area contributed by atoms with Gasteiger partial charge in [0.05, 0.1) is 11.7 Å². The minimum Gasteiger partial charge on any atom is -0.391 e. The number of carbonyl (C=O) groups excluding carboxylic acids is 1. The number of rotatable bonds is 8.